The molecule has 0 spiro atoms. The summed E-state index contributed by atoms with van der Waals surface area (Å²) in [6.45, 7) is 2.73. The Morgan fingerprint density at radius 3 is 2.71 bits per heavy atom. The van der Waals surface area contributed by atoms with Crippen LogP contribution in [-0.2, 0) is 6.54 Å². The average molecular weight is 294 g/mol. The maximum atomic E-state index is 13.0. The summed E-state index contributed by atoms with van der Waals surface area (Å²) in [5.41, 5.74) is 3.16. The molecule has 2 aromatic rings. The van der Waals surface area contributed by atoms with Crippen molar-refractivity contribution in [3.8, 4) is 0 Å². The fourth-order valence-electron chi connectivity index (χ4n) is 1.55. The van der Waals surface area contributed by atoms with E-state index < -0.39 is 0 Å². The quantitative estimate of drug-likeness (QED) is 0.878. The van der Waals surface area contributed by atoms with Gasteiger partial charge < -0.3 is 5.32 Å². The summed E-state index contributed by atoms with van der Waals surface area (Å²) in [7, 11) is 0. The molecule has 88 valence electrons. The Balaban J connectivity index is 2.05. The average Bonchev–Trinajstić information content (AvgIpc) is 2.31. The van der Waals surface area contributed by atoms with Crippen LogP contribution < -0.4 is 5.32 Å². The van der Waals surface area contributed by atoms with Crippen molar-refractivity contribution in [3.05, 3.63) is 63.9 Å². The molecule has 0 aliphatic heterocycles. The van der Waals surface area contributed by atoms with Crippen LogP contribution in [0.3, 0.4) is 0 Å². The van der Waals surface area contributed by atoms with E-state index in [0.717, 1.165) is 15.7 Å². The van der Waals surface area contributed by atoms with Crippen LogP contribution in [0.4, 0.5) is 10.1 Å². The number of rotatable bonds is 3. The third-order valence-electron chi connectivity index (χ3n) is 2.56. The van der Waals surface area contributed by atoms with Crippen LogP contribution in [0.1, 0.15) is 11.1 Å². The van der Waals surface area contributed by atoms with Crippen LogP contribution in [0.15, 0.2) is 46.9 Å². The maximum Gasteiger partial charge on any atom is 0.125 e. The minimum atomic E-state index is -0.222. The Morgan fingerprint density at radius 2 is 2.00 bits per heavy atom. The normalized spacial score (nSPS) is 10.3. The lowest BCUT2D eigenvalue weighted by molar-refractivity contribution is 0.628. The number of aryl methyl sites for hydroxylation is 1. The molecule has 0 aromatic heterocycles. The topological polar surface area (TPSA) is 12.0 Å². The van der Waals surface area contributed by atoms with E-state index in [1.807, 2.05) is 13.0 Å². The minimum absolute atomic E-state index is 0.222. The molecule has 1 nitrogen and oxygen atoms in total. The third-order valence-corrected chi connectivity index (χ3v) is 3.41. The standard InChI is InChI=1S/C14H13BrFN/c1-10-5-6-11(7-14(10)15)9-17-13-4-2-3-12(16)8-13/h2-8,17H,9H2,1H3. The van der Waals surface area contributed by atoms with Gasteiger partial charge in [0.15, 0.2) is 0 Å². The molecule has 0 saturated heterocycles. The van der Waals surface area contributed by atoms with Crippen LogP contribution in [0.5, 0.6) is 0 Å². The van der Waals surface area contributed by atoms with Crippen molar-refractivity contribution in [2.24, 2.45) is 0 Å². The first-order valence-corrected chi connectivity index (χ1v) is 6.19. The first-order chi connectivity index (χ1) is 8.15. The zero-order valence-corrected chi connectivity index (χ0v) is 11.1. The summed E-state index contributed by atoms with van der Waals surface area (Å²) in [6, 6.07) is 12.7. The summed E-state index contributed by atoms with van der Waals surface area (Å²) in [5.74, 6) is -0.222. The number of anilines is 1. The molecule has 0 aliphatic rings. The van der Waals surface area contributed by atoms with Gasteiger partial charge in [-0.1, -0.05) is 34.1 Å². The van der Waals surface area contributed by atoms with E-state index in [1.165, 1.54) is 17.7 Å². The van der Waals surface area contributed by atoms with Gasteiger partial charge in [0.2, 0.25) is 0 Å². The van der Waals surface area contributed by atoms with E-state index in [1.54, 1.807) is 6.07 Å². The summed E-state index contributed by atoms with van der Waals surface area (Å²) in [5, 5.41) is 3.19. The molecule has 0 saturated carbocycles. The van der Waals surface area contributed by atoms with Gasteiger partial charge in [-0.2, -0.15) is 0 Å². The molecule has 0 aliphatic carbocycles. The van der Waals surface area contributed by atoms with Gasteiger partial charge in [-0.25, -0.2) is 4.39 Å². The van der Waals surface area contributed by atoms with Gasteiger partial charge in [0.1, 0.15) is 5.82 Å². The second-order valence-electron chi connectivity index (χ2n) is 3.95. The van der Waals surface area contributed by atoms with E-state index >= 15 is 0 Å². The van der Waals surface area contributed by atoms with E-state index in [4.69, 9.17) is 0 Å². The number of halogens is 2. The first-order valence-electron chi connectivity index (χ1n) is 5.39. The van der Waals surface area contributed by atoms with Crippen LogP contribution in [0.2, 0.25) is 0 Å². The molecule has 0 bridgehead atoms. The molecule has 0 atom stereocenters. The molecule has 0 unspecified atom stereocenters. The van der Waals surface area contributed by atoms with Crippen molar-refractivity contribution < 1.29 is 4.39 Å². The van der Waals surface area contributed by atoms with Crippen LogP contribution in [0.25, 0.3) is 0 Å². The lowest BCUT2D eigenvalue weighted by atomic mass is 10.1. The number of benzene rings is 2. The fourth-order valence-corrected chi connectivity index (χ4v) is 1.98. The van der Waals surface area contributed by atoms with E-state index in [-0.39, 0.29) is 5.82 Å². The van der Waals surface area contributed by atoms with Crippen molar-refractivity contribution in [2.45, 2.75) is 13.5 Å². The lowest BCUT2D eigenvalue weighted by Crippen LogP contribution is -1.99. The molecule has 0 fully saturated rings. The maximum absolute atomic E-state index is 13.0. The molecule has 2 aromatic carbocycles. The minimum Gasteiger partial charge on any atom is -0.381 e. The Hall–Kier alpha value is -1.35. The zero-order valence-electron chi connectivity index (χ0n) is 9.50. The van der Waals surface area contributed by atoms with Gasteiger partial charge >= 0.3 is 0 Å². The summed E-state index contributed by atoms with van der Waals surface area (Å²) in [4.78, 5) is 0. The molecular weight excluding hydrogens is 281 g/mol. The van der Waals surface area contributed by atoms with Crippen molar-refractivity contribution in [3.63, 3.8) is 0 Å². The van der Waals surface area contributed by atoms with Crippen molar-refractivity contribution in [1.29, 1.82) is 0 Å². The predicted molar refractivity (Wildman–Crippen MR) is 72.6 cm³/mol. The molecular formula is C14H13BrFN. The Bertz CT molecular complexity index is 525. The second-order valence-corrected chi connectivity index (χ2v) is 4.80. The van der Waals surface area contributed by atoms with Crippen LogP contribution in [-0.4, -0.2) is 0 Å². The van der Waals surface area contributed by atoms with Gasteiger partial charge in [0.25, 0.3) is 0 Å². The summed E-state index contributed by atoms with van der Waals surface area (Å²) >= 11 is 3.50. The monoisotopic (exact) mass is 293 g/mol. The highest BCUT2D eigenvalue weighted by atomic mass is 79.9. The number of hydrogen-bond donors (Lipinski definition) is 1. The smallest absolute Gasteiger partial charge is 0.125 e. The van der Waals surface area contributed by atoms with E-state index in [2.05, 4.69) is 39.4 Å². The summed E-state index contributed by atoms with van der Waals surface area (Å²) < 4.78 is 14.1. The highest BCUT2D eigenvalue weighted by Gasteiger charge is 1.98. The molecule has 0 heterocycles. The third kappa shape index (κ3) is 3.30. The van der Waals surface area contributed by atoms with Crippen molar-refractivity contribution in [1.82, 2.24) is 0 Å². The molecule has 0 amide bonds. The zero-order chi connectivity index (χ0) is 12.3. The molecule has 17 heavy (non-hydrogen) atoms. The highest BCUT2D eigenvalue weighted by Crippen LogP contribution is 2.18. The van der Waals surface area contributed by atoms with Crippen LogP contribution >= 0.6 is 15.9 Å². The Labute approximate surface area is 109 Å². The van der Waals surface area contributed by atoms with Crippen molar-refractivity contribution in [2.75, 3.05) is 5.32 Å². The van der Waals surface area contributed by atoms with Crippen LogP contribution in [0, 0.1) is 12.7 Å². The SMILES string of the molecule is Cc1ccc(CNc2cccc(F)c2)cc1Br. The highest BCUT2D eigenvalue weighted by molar-refractivity contribution is 9.10. The summed E-state index contributed by atoms with van der Waals surface area (Å²) in [6.07, 6.45) is 0. The molecule has 2 rings (SSSR count). The van der Waals surface area contributed by atoms with Gasteiger partial charge in [-0.05, 0) is 42.3 Å². The molecule has 3 heteroatoms. The van der Waals surface area contributed by atoms with Crippen molar-refractivity contribution >= 4 is 21.6 Å². The predicted octanol–water partition coefficient (Wildman–Crippen LogP) is 4.51. The Morgan fingerprint density at radius 1 is 1.18 bits per heavy atom. The van der Waals surface area contributed by atoms with Gasteiger partial charge in [0.05, 0.1) is 0 Å². The van der Waals surface area contributed by atoms with Gasteiger partial charge in [-0.15, -0.1) is 0 Å². The molecule has 1 N–H and O–H groups in total. The number of hydrogen-bond acceptors (Lipinski definition) is 1. The fraction of sp³-hybridized carbons (Fsp3) is 0.143. The van der Waals surface area contributed by atoms with E-state index in [9.17, 15) is 4.39 Å². The lowest BCUT2D eigenvalue weighted by Gasteiger charge is -2.08. The van der Waals surface area contributed by atoms with E-state index in [0.29, 0.717) is 6.54 Å². The van der Waals surface area contributed by atoms with Gasteiger partial charge in [-0.3, -0.25) is 0 Å². The second kappa shape index (κ2) is 5.32. The largest absolute Gasteiger partial charge is 0.381 e. The first kappa shape index (κ1) is 12.1. The Kier molecular flexibility index (Phi) is 3.79. The molecule has 0 radical (unpaired) electrons. The van der Waals surface area contributed by atoms with Gasteiger partial charge in [0, 0.05) is 16.7 Å². The number of nitrogens with one attached hydrogen (secondary N) is 1.